The molecule has 0 aromatic heterocycles. The van der Waals surface area contributed by atoms with E-state index >= 15 is 0 Å². The smallest absolute Gasteiger partial charge is 0.446 e. The van der Waals surface area contributed by atoms with Crippen molar-refractivity contribution < 1.29 is 22.7 Å². The van der Waals surface area contributed by atoms with Gasteiger partial charge in [0.05, 0.1) is 18.2 Å². The summed E-state index contributed by atoms with van der Waals surface area (Å²) in [5, 5.41) is 8.87. The van der Waals surface area contributed by atoms with Crippen molar-refractivity contribution in [3.05, 3.63) is 28.8 Å². The number of hydrogen-bond acceptors (Lipinski definition) is 4. The van der Waals surface area contributed by atoms with Crippen LogP contribution in [0.5, 0.6) is 0 Å². The number of alkyl halides is 4. The molecule has 0 bridgehead atoms. The zero-order valence-electron chi connectivity index (χ0n) is 9.55. The summed E-state index contributed by atoms with van der Waals surface area (Å²) in [6, 6.07) is 4.14. The predicted octanol–water partition coefficient (Wildman–Crippen LogP) is 3.85. The number of methoxy groups -OCH3 is 1. The van der Waals surface area contributed by atoms with E-state index in [1.807, 2.05) is 0 Å². The van der Waals surface area contributed by atoms with E-state index in [-0.39, 0.29) is 26.9 Å². The van der Waals surface area contributed by atoms with Crippen LogP contribution in [0.2, 0.25) is 0 Å². The second-order valence-corrected chi connectivity index (χ2v) is 4.89. The highest BCUT2D eigenvalue weighted by molar-refractivity contribution is 9.08. The first-order valence-corrected chi connectivity index (χ1v) is 6.73. The molecule has 0 amide bonds. The Morgan fingerprint density at radius 2 is 2.16 bits per heavy atom. The number of thioether (sulfide) groups is 1. The maximum absolute atomic E-state index is 12.5. The van der Waals surface area contributed by atoms with Gasteiger partial charge in [-0.2, -0.15) is 18.4 Å². The van der Waals surface area contributed by atoms with Crippen molar-refractivity contribution in [3.63, 3.8) is 0 Å². The molecule has 102 valence electrons. The van der Waals surface area contributed by atoms with Gasteiger partial charge in [-0.15, -0.1) is 0 Å². The van der Waals surface area contributed by atoms with E-state index in [9.17, 15) is 18.0 Å². The molecule has 0 aliphatic heterocycles. The van der Waals surface area contributed by atoms with Crippen LogP contribution in [-0.4, -0.2) is 18.6 Å². The van der Waals surface area contributed by atoms with Gasteiger partial charge in [-0.05, 0) is 29.5 Å². The van der Waals surface area contributed by atoms with Gasteiger partial charge < -0.3 is 4.74 Å². The first-order valence-electron chi connectivity index (χ1n) is 4.80. The number of rotatable bonds is 3. The summed E-state index contributed by atoms with van der Waals surface area (Å²) in [6.45, 7) is 0. The standard InChI is InChI=1S/C11H7BrF3NO2S/c1-18-10(17)7-3-2-6(5-16)9(8(7)4-12)19-11(13,14)15/h2-3H,4H2,1H3. The van der Waals surface area contributed by atoms with E-state index in [0.717, 1.165) is 7.11 Å². The van der Waals surface area contributed by atoms with Crippen LogP contribution in [-0.2, 0) is 10.1 Å². The minimum atomic E-state index is -4.54. The van der Waals surface area contributed by atoms with Gasteiger partial charge in [-0.25, -0.2) is 4.79 Å². The Kier molecular flexibility index (Phi) is 5.26. The third-order valence-corrected chi connectivity index (χ3v) is 3.60. The molecule has 3 nitrogen and oxygen atoms in total. The van der Waals surface area contributed by atoms with Crippen LogP contribution in [0.1, 0.15) is 21.5 Å². The fraction of sp³-hybridized carbons (Fsp3) is 0.273. The average molecular weight is 354 g/mol. The fourth-order valence-corrected chi connectivity index (χ4v) is 2.91. The van der Waals surface area contributed by atoms with E-state index in [4.69, 9.17) is 5.26 Å². The lowest BCUT2D eigenvalue weighted by atomic mass is 10.1. The number of nitriles is 1. The molecule has 1 rings (SSSR count). The van der Waals surface area contributed by atoms with Crippen molar-refractivity contribution in [2.45, 2.75) is 15.7 Å². The van der Waals surface area contributed by atoms with E-state index in [0.29, 0.717) is 0 Å². The molecule has 0 saturated carbocycles. The Bertz CT molecular complexity index is 540. The number of esters is 1. The van der Waals surface area contributed by atoms with Gasteiger partial charge in [0.1, 0.15) is 6.07 Å². The first-order chi connectivity index (χ1) is 8.84. The zero-order valence-corrected chi connectivity index (χ0v) is 11.9. The van der Waals surface area contributed by atoms with Gasteiger partial charge in [-0.3, -0.25) is 0 Å². The molecule has 8 heteroatoms. The second-order valence-electron chi connectivity index (χ2n) is 3.25. The van der Waals surface area contributed by atoms with Crippen molar-refractivity contribution in [1.82, 2.24) is 0 Å². The van der Waals surface area contributed by atoms with Crippen molar-refractivity contribution >= 4 is 33.7 Å². The molecule has 0 radical (unpaired) electrons. The summed E-state index contributed by atoms with van der Waals surface area (Å²) in [4.78, 5) is 11.2. The van der Waals surface area contributed by atoms with Gasteiger partial charge in [0.2, 0.25) is 0 Å². The number of carbonyl (C=O) groups excluding carboxylic acids is 1. The number of hydrogen-bond donors (Lipinski definition) is 0. The number of carbonyl (C=O) groups is 1. The van der Waals surface area contributed by atoms with Crippen molar-refractivity contribution in [2.75, 3.05) is 7.11 Å². The van der Waals surface area contributed by atoms with Crippen LogP contribution in [0.3, 0.4) is 0 Å². The van der Waals surface area contributed by atoms with Crippen LogP contribution in [0.4, 0.5) is 13.2 Å². The Balaban J connectivity index is 3.47. The molecule has 0 N–H and O–H groups in total. The lowest BCUT2D eigenvalue weighted by molar-refractivity contribution is -0.0328. The monoisotopic (exact) mass is 353 g/mol. The maximum Gasteiger partial charge on any atom is 0.446 e. The lowest BCUT2D eigenvalue weighted by Gasteiger charge is -2.14. The quantitative estimate of drug-likeness (QED) is 0.470. The molecule has 0 unspecified atom stereocenters. The summed E-state index contributed by atoms with van der Waals surface area (Å²) in [5.41, 5.74) is -4.58. The molecule has 0 aliphatic rings. The third kappa shape index (κ3) is 3.88. The van der Waals surface area contributed by atoms with Crippen molar-refractivity contribution in [3.8, 4) is 6.07 Å². The third-order valence-electron chi connectivity index (χ3n) is 2.14. The van der Waals surface area contributed by atoms with Crippen LogP contribution in [0, 0.1) is 11.3 Å². The molecule has 1 aromatic carbocycles. The first kappa shape index (κ1) is 15.9. The summed E-state index contributed by atoms with van der Waals surface area (Å²) >= 11 is 2.61. The van der Waals surface area contributed by atoms with Crippen LogP contribution in [0.15, 0.2) is 17.0 Å². The maximum atomic E-state index is 12.5. The highest BCUT2D eigenvalue weighted by Gasteiger charge is 2.33. The summed E-state index contributed by atoms with van der Waals surface area (Å²) in [5.74, 6) is -0.747. The summed E-state index contributed by atoms with van der Waals surface area (Å²) in [7, 11) is 1.13. The van der Waals surface area contributed by atoms with Gasteiger partial charge in [0.15, 0.2) is 0 Å². The molecule has 0 heterocycles. The molecule has 0 atom stereocenters. The molecule has 0 aliphatic carbocycles. The minimum absolute atomic E-state index is 0.00475. The molecule has 0 spiro atoms. The van der Waals surface area contributed by atoms with Crippen molar-refractivity contribution in [1.29, 1.82) is 5.26 Å². The second kappa shape index (κ2) is 6.30. The van der Waals surface area contributed by atoms with Gasteiger partial charge in [-0.1, -0.05) is 15.9 Å². The average Bonchev–Trinajstić information content (AvgIpc) is 2.35. The Labute approximate surface area is 119 Å². The van der Waals surface area contributed by atoms with E-state index in [1.54, 1.807) is 6.07 Å². The SMILES string of the molecule is COC(=O)c1ccc(C#N)c(SC(F)(F)F)c1CBr. The topological polar surface area (TPSA) is 50.1 Å². The molecule has 0 fully saturated rings. The number of benzene rings is 1. The predicted molar refractivity (Wildman–Crippen MR) is 67.0 cm³/mol. The summed E-state index contributed by atoms with van der Waals surface area (Å²) < 4.78 is 42.0. The lowest BCUT2D eigenvalue weighted by Crippen LogP contribution is -2.09. The number of nitrogens with zero attached hydrogens (tertiary/aromatic N) is 1. The minimum Gasteiger partial charge on any atom is -0.465 e. The Hall–Kier alpha value is -1.20. The Morgan fingerprint density at radius 3 is 2.58 bits per heavy atom. The number of ether oxygens (including phenoxy) is 1. The largest absolute Gasteiger partial charge is 0.465 e. The Morgan fingerprint density at radius 1 is 1.53 bits per heavy atom. The summed E-state index contributed by atoms with van der Waals surface area (Å²) in [6.07, 6.45) is 0. The van der Waals surface area contributed by atoms with Crippen LogP contribution >= 0.6 is 27.7 Å². The van der Waals surface area contributed by atoms with Gasteiger partial charge in [0.25, 0.3) is 0 Å². The molecular weight excluding hydrogens is 347 g/mol. The highest BCUT2D eigenvalue weighted by Crippen LogP contribution is 2.42. The number of halogens is 4. The van der Waals surface area contributed by atoms with Gasteiger partial charge in [0, 0.05) is 10.2 Å². The molecule has 1 aromatic rings. The highest BCUT2D eigenvalue weighted by atomic mass is 79.9. The van der Waals surface area contributed by atoms with E-state index in [2.05, 4.69) is 20.7 Å². The fourth-order valence-electron chi connectivity index (χ4n) is 1.38. The van der Waals surface area contributed by atoms with E-state index < -0.39 is 23.2 Å². The van der Waals surface area contributed by atoms with Crippen LogP contribution in [0.25, 0.3) is 0 Å². The van der Waals surface area contributed by atoms with Crippen molar-refractivity contribution in [2.24, 2.45) is 0 Å². The molecule has 19 heavy (non-hydrogen) atoms. The van der Waals surface area contributed by atoms with E-state index in [1.165, 1.54) is 12.1 Å². The normalized spacial score (nSPS) is 10.9. The molecule has 0 saturated heterocycles. The zero-order chi connectivity index (χ0) is 14.6. The van der Waals surface area contributed by atoms with Gasteiger partial charge >= 0.3 is 11.5 Å². The molecular formula is C11H7BrF3NO2S. The van der Waals surface area contributed by atoms with Crippen LogP contribution < -0.4 is 0 Å².